The number of nitrogen functional groups attached to an aromatic ring is 1. The molecule has 0 spiro atoms. The van der Waals surface area contributed by atoms with Crippen molar-refractivity contribution in [3.8, 4) is 17.0 Å². The van der Waals surface area contributed by atoms with Gasteiger partial charge in [-0.2, -0.15) is 0 Å². The maximum absolute atomic E-state index is 6.31. The van der Waals surface area contributed by atoms with E-state index in [4.69, 9.17) is 25.8 Å². The van der Waals surface area contributed by atoms with Gasteiger partial charge in [-0.15, -0.1) is 0 Å². The number of rotatable bonds is 6. The fraction of sp³-hybridized carbons (Fsp3) is 0.522. The molecule has 8 heteroatoms. The third kappa shape index (κ3) is 4.22. The summed E-state index contributed by atoms with van der Waals surface area (Å²) >= 11 is 0. The van der Waals surface area contributed by atoms with E-state index in [9.17, 15) is 0 Å². The van der Waals surface area contributed by atoms with E-state index in [1.807, 2.05) is 18.2 Å². The van der Waals surface area contributed by atoms with E-state index in [1.165, 1.54) is 6.33 Å². The molecule has 1 aromatic carbocycles. The highest BCUT2D eigenvalue weighted by molar-refractivity contribution is 6.15. The molecule has 166 valence electrons. The first-order valence-electron chi connectivity index (χ1n) is 10.8. The van der Waals surface area contributed by atoms with Crippen molar-refractivity contribution in [2.75, 3.05) is 26.1 Å². The number of benzene rings is 1. The molecule has 0 aliphatic heterocycles. The summed E-state index contributed by atoms with van der Waals surface area (Å²) in [4.78, 5) is 14.4. The zero-order valence-electron chi connectivity index (χ0n) is 18.4. The van der Waals surface area contributed by atoms with Crippen LogP contribution in [0.5, 0.6) is 5.75 Å². The van der Waals surface area contributed by atoms with Crippen LogP contribution in [0.4, 0.5) is 5.82 Å². The molecule has 2 aromatic rings. The smallest absolute Gasteiger partial charge is 0.140 e. The molecule has 0 atom stereocenters. The summed E-state index contributed by atoms with van der Waals surface area (Å²) < 4.78 is 11.4. The number of fused-ring (bicyclic) bond motifs is 3. The van der Waals surface area contributed by atoms with Crippen molar-refractivity contribution in [2.24, 2.45) is 10.9 Å². The SMILES string of the molecule is COCCO/N=C1\c2cc(O[C@H]3CC[C@@H](N)CC3)ccc2-c2ncnc(N)c2C1(C)C. The van der Waals surface area contributed by atoms with Crippen LogP contribution in [0.3, 0.4) is 0 Å². The summed E-state index contributed by atoms with van der Waals surface area (Å²) in [6.45, 7) is 4.93. The maximum Gasteiger partial charge on any atom is 0.140 e. The van der Waals surface area contributed by atoms with E-state index in [2.05, 4.69) is 29.0 Å². The van der Waals surface area contributed by atoms with Crippen LogP contribution >= 0.6 is 0 Å². The summed E-state index contributed by atoms with van der Waals surface area (Å²) in [5.74, 6) is 1.26. The maximum atomic E-state index is 6.31. The normalized spacial score (nSPS) is 23.2. The standard InChI is InChI=1S/C23H31N5O3/c1-23(2)19-20(26-13-27-22(19)25)17-9-8-16(31-15-6-4-14(24)5-7-15)12-18(17)21(23)28-30-11-10-29-3/h8-9,12-15H,4-7,10-11,24H2,1-3H3,(H2,25,26,27)/b28-21+/t14-,15+. The summed E-state index contributed by atoms with van der Waals surface area (Å²) in [5.41, 5.74) is 16.1. The molecule has 31 heavy (non-hydrogen) atoms. The number of aromatic nitrogens is 2. The minimum absolute atomic E-state index is 0.179. The van der Waals surface area contributed by atoms with Gasteiger partial charge in [0.1, 0.15) is 24.5 Å². The minimum Gasteiger partial charge on any atom is -0.490 e. The van der Waals surface area contributed by atoms with E-state index < -0.39 is 5.41 Å². The Morgan fingerprint density at radius 2 is 1.87 bits per heavy atom. The molecular weight excluding hydrogens is 394 g/mol. The number of hydrogen-bond donors (Lipinski definition) is 2. The summed E-state index contributed by atoms with van der Waals surface area (Å²) in [6, 6.07) is 6.32. The molecule has 1 aromatic heterocycles. The summed E-state index contributed by atoms with van der Waals surface area (Å²) in [5, 5.41) is 4.51. The van der Waals surface area contributed by atoms with Gasteiger partial charge in [0.15, 0.2) is 0 Å². The first kappa shape index (κ1) is 21.5. The van der Waals surface area contributed by atoms with Crippen molar-refractivity contribution in [2.45, 2.75) is 57.1 Å². The molecular formula is C23H31N5O3. The predicted molar refractivity (Wildman–Crippen MR) is 120 cm³/mol. The van der Waals surface area contributed by atoms with Gasteiger partial charge in [-0.3, -0.25) is 0 Å². The molecule has 0 bridgehead atoms. The van der Waals surface area contributed by atoms with Crippen LogP contribution in [0.1, 0.15) is 50.7 Å². The van der Waals surface area contributed by atoms with E-state index >= 15 is 0 Å². The van der Waals surface area contributed by atoms with Crippen LogP contribution in [0.25, 0.3) is 11.3 Å². The number of methoxy groups -OCH3 is 1. The van der Waals surface area contributed by atoms with E-state index in [0.29, 0.717) is 19.0 Å². The number of nitrogens with zero attached hydrogens (tertiary/aromatic N) is 3. The van der Waals surface area contributed by atoms with Crippen molar-refractivity contribution in [3.63, 3.8) is 0 Å². The largest absolute Gasteiger partial charge is 0.490 e. The number of oxime groups is 1. The molecule has 2 aliphatic rings. The van der Waals surface area contributed by atoms with Crippen LogP contribution in [-0.2, 0) is 15.0 Å². The van der Waals surface area contributed by atoms with Gasteiger partial charge in [-0.05, 0) is 57.7 Å². The van der Waals surface area contributed by atoms with Gasteiger partial charge in [0, 0.05) is 35.3 Å². The van der Waals surface area contributed by atoms with Crippen LogP contribution in [0.15, 0.2) is 29.7 Å². The summed E-state index contributed by atoms with van der Waals surface area (Å²) in [7, 11) is 1.63. The van der Waals surface area contributed by atoms with Crippen LogP contribution < -0.4 is 16.2 Å². The fourth-order valence-electron chi connectivity index (χ4n) is 4.47. The van der Waals surface area contributed by atoms with E-state index in [1.54, 1.807) is 7.11 Å². The molecule has 0 unspecified atom stereocenters. The Kier molecular flexibility index (Phi) is 6.11. The second kappa shape index (κ2) is 8.80. The van der Waals surface area contributed by atoms with Crippen molar-refractivity contribution in [1.29, 1.82) is 0 Å². The number of nitrogens with two attached hydrogens (primary N) is 2. The Bertz CT molecular complexity index is 968. The number of ether oxygens (including phenoxy) is 2. The monoisotopic (exact) mass is 425 g/mol. The first-order chi connectivity index (χ1) is 14.9. The van der Waals surface area contributed by atoms with Crippen LogP contribution in [-0.4, -0.2) is 48.1 Å². The highest BCUT2D eigenvalue weighted by Crippen LogP contribution is 2.45. The van der Waals surface area contributed by atoms with Gasteiger partial charge in [-0.1, -0.05) is 5.16 Å². The molecule has 0 amide bonds. The Balaban J connectivity index is 1.74. The highest BCUT2D eigenvalue weighted by atomic mass is 16.6. The fourth-order valence-corrected chi connectivity index (χ4v) is 4.47. The van der Waals surface area contributed by atoms with Gasteiger partial charge in [0.25, 0.3) is 0 Å². The number of anilines is 1. The average molecular weight is 426 g/mol. The van der Waals surface area contributed by atoms with Gasteiger partial charge in [0.05, 0.1) is 24.1 Å². The molecule has 1 saturated carbocycles. The molecule has 1 heterocycles. The lowest BCUT2D eigenvalue weighted by Crippen LogP contribution is -2.36. The molecule has 4 rings (SSSR count). The average Bonchev–Trinajstić information content (AvgIpc) is 2.74. The van der Waals surface area contributed by atoms with Crippen molar-refractivity contribution in [1.82, 2.24) is 9.97 Å². The van der Waals surface area contributed by atoms with Gasteiger partial charge in [-0.25, -0.2) is 9.97 Å². The van der Waals surface area contributed by atoms with Gasteiger partial charge >= 0.3 is 0 Å². The van der Waals surface area contributed by atoms with Crippen molar-refractivity contribution < 1.29 is 14.3 Å². The lowest BCUT2D eigenvalue weighted by Gasteiger charge is -2.35. The van der Waals surface area contributed by atoms with Crippen molar-refractivity contribution >= 4 is 11.5 Å². The Morgan fingerprint density at radius 3 is 2.61 bits per heavy atom. The molecule has 0 radical (unpaired) electrons. The second-order valence-electron chi connectivity index (χ2n) is 8.74. The second-order valence-corrected chi connectivity index (χ2v) is 8.74. The van der Waals surface area contributed by atoms with Crippen LogP contribution in [0, 0.1) is 0 Å². The highest BCUT2D eigenvalue weighted by Gasteiger charge is 2.41. The lowest BCUT2D eigenvalue weighted by molar-refractivity contribution is 0.0743. The van der Waals surface area contributed by atoms with Gasteiger partial charge in [0.2, 0.25) is 0 Å². The third-order valence-electron chi connectivity index (χ3n) is 6.15. The Hall–Kier alpha value is -2.71. The molecule has 2 aliphatic carbocycles. The Morgan fingerprint density at radius 1 is 1.10 bits per heavy atom. The minimum atomic E-state index is -0.545. The lowest BCUT2D eigenvalue weighted by atomic mass is 9.70. The third-order valence-corrected chi connectivity index (χ3v) is 6.15. The van der Waals surface area contributed by atoms with E-state index in [0.717, 1.165) is 59.5 Å². The number of hydrogen-bond acceptors (Lipinski definition) is 8. The van der Waals surface area contributed by atoms with Crippen LogP contribution in [0.2, 0.25) is 0 Å². The molecule has 4 N–H and O–H groups in total. The zero-order chi connectivity index (χ0) is 22.0. The van der Waals surface area contributed by atoms with E-state index in [-0.39, 0.29) is 12.1 Å². The first-order valence-corrected chi connectivity index (χ1v) is 10.8. The van der Waals surface area contributed by atoms with Gasteiger partial charge < -0.3 is 25.8 Å². The van der Waals surface area contributed by atoms with Crippen molar-refractivity contribution in [3.05, 3.63) is 35.7 Å². The molecule has 1 fully saturated rings. The summed E-state index contributed by atoms with van der Waals surface area (Å²) in [6.07, 6.45) is 5.60. The molecule has 8 nitrogen and oxygen atoms in total. The molecule has 0 saturated heterocycles. The predicted octanol–water partition coefficient (Wildman–Crippen LogP) is 3.03. The zero-order valence-corrected chi connectivity index (χ0v) is 18.4. The topological polar surface area (TPSA) is 118 Å². The Labute approximate surface area is 183 Å². The quantitative estimate of drug-likeness (QED) is 0.539.